The van der Waals surface area contributed by atoms with E-state index in [1.165, 1.54) is 17.4 Å². The summed E-state index contributed by atoms with van der Waals surface area (Å²) < 4.78 is 0. The van der Waals surface area contributed by atoms with E-state index >= 15 is 0 Å². The topological polar surface area (TPSA) is 511 Å². The molecule has 2 heterocycles. The molecule has 29 nitrogen and oxygen atoms in total. The molecule has 71 heavy (non-hydrogen) atoms. The number of hydrogen-bond donors (Lipinski definition) is 16. The van der Waals surface area contributed by atoms with Gasteiger partial charge in [-0.1, -0.05) is 6.42 Å². The molecule has 398 valence electrons. The van der Waals surface area contributed by atoms with Gasteiger partial charge >= 0.3 is 5.97 Å². The second-order valence-electron chi connectivity index (χ2n) is 17.0. The number of carbonyl (C=O) groups excluding carboxylic acids is 8. The number of aliphatic imine (C=N–C) groups is 2. The minimum absolute atomic E-state index is 0.00939. The number of H-pyrrole nitrogens is 1. The van der Waals surface area contributed by atoms with E-state index < -0.39 is 102 Å². The molecule has 1 aromatic rings. The van der Waals surface area contributed by atoms with Crippen LogP contribution in [-0.2, 0) is 49.6 Å². The van der Waals surface area contributed by atoms with Crippen LogP contribution in [0.25, 0.3) is 0 Å². The largest absolute Gasteiger partial charge is 0.480 e. The van der Waals surface area contributed by atoms with Crippen molar-refractivity contribution in [1.82, 2.24) is 46.8 Å². The number of nitrogens with zero attached hydrogens (tertiary/aromatic N) is 4. The third-order valence-corrected chi connectivity index (χ3v) is 11.2. The SMILES string of the molecule is NCCCC[C@H](NC(=O)CNC(=O)[C@@H]1CCCN1C(=O)[C@H](Cc1cnc[nH]1)NC(=O)[C@H](CCC(N)=O)NC(=O)[C@H](CCCN=C(N)N)NC(=O)[C@@H](N)CCCCN)C(=O)N[C@@H](CCCN=C(N)N)C(=O)O. The number of primary amides is 1. The lowest BCUT2D eigenvalue weighted by molar-refractivity contribution is -0.142. The molecule has 0 aromatic carbocycles. The number of aliphatic carboxylic acids is 1. The number of carbonyl (C=O) groups is 9. The Bertz CT molecular complexity index is 1960. The molecule has 1 aliphatic rings. The predicted molar refractivity (Wildman–Crippen MR) is 259 cm³/mol. The second-order valence-corrected chi connectivity index (χ2v) is 17.0. The summed E-state index contributed by atoms with van der Waals surface area (Å²) in [7, 11) is 0. The number of carboxylic acids is 1. The first-order valence-corrected chi connectivity index (χ1v) is 23.6. The van der Waals surface area contributed by atoms with Crippen LogP contribution in [0.4, 0.5) is 0 Å². The maximum Gasteiger partial charge on any atom is 0.326 e. The Labute approximate surface area is 411 Å². The molecular formula is C42H75N19O10. The highest BCUT2D eigenvalue weighted by atomic mass is 16.4. The summed E-state index contributed by atoms with van der Waals surface area (Å²) in [6, 6.07) is -8.66. The molecule has 7 atom stereocenters. The summed E-state index contributed by atoms with van der Waals surface area (Å²) in [5, 5.41) is 25.0. The lowest BCUT2D eigenvalue weighted by Crippen LogP contribution is -2.59. The smallest absolute Gasteiger partial charge is 0.326 e. The fourth-order valence-electron chi connectivity index (χ4n) is 7.44. The van der Waals surface area contributed by atoms with Crippen LogP contribution in [0.15, 0.2) is 22.5 Å². The van der Waals surface area contributed by atoms with E-state index in [1.54, 1.807) is 0 Å². The number of aromatic amines is 1. The van der Waals surface area contributed by atoms with Gasteiger partial charge in [0.2, 0.25) is 47.3 Å². The first-order valence-electron chi connectivity index (χ1n) is 23.6. The van der Waals surface area contributed by atoms with E-state index in [0.29, 0.717) is 50.9 Å². The van der Waals surface area contributed by atoms with Crippen LogP contribution in [0.2, 0.25) is 0 Å². The number of nitrogens with one attached hydrogen (secondary N) is 7. The van der Waals surface area contributed by atoms with E-state index in [2.05, 4.69) is 51.9 Å². The number of rotatable bonds is 35. The highest BCUT2D eigenvalue weighted by Gasteiger charge is 2.39. The molecule has 24 N–H and O–H groups in total. The molecule has 0 spiro atoms. The number of likely N-dealkylation sites (tertiary alicyclic amines) is 1. The molecule has 0 radical (unpaired) electrons. The lowest BCUT2D eigenvalue weighted by Gasteiger charge is -2.30. The number of carboxylic acid groups (broad SMARTS) is 1. The molecule has 0 bridgehead atoms. The highest BCUT2D eigenvalue weighted by Crippen LogP contribution is 2.20. The minimum Gasteiger partial charge on any atom is -0.480 e. The van der Waals surface area contributed by atoms with Gasteiger partial charge in [0.05, 0.1) is 18.9 Å². The van der Waals surface area contributed by atoms with Gasteiger partial charge < -0.3 is 92.8 Å². The summed E-state index contributed by atoms with van der Waals surface area (Å²) >= 11 is 0. The quantitative estimate of drug-likeness (QED) is 0.0171. The Hall–Kier alpha value is -7.14. The van der Waals surface area contributed by atoms with Crippen LogP contribution in [0.3, 0.4) is 0 Å². The van der Waals surface area contributed by atoms with Gasteiger partial charge in [0.1, 0.15) is 36.3 Å². The molecule has 0 aliphatic carbocycles. The van der Waals surface area contributed by atoms with E-state index in [0.717, 1.165) is 0 Å². The molecule has 8 amide bonds. The van der Waals surface area contributed by atoms with Crippen molar-refractivity contribution in [3.63, 3.8) is 0 Å². The van der Waals surface area contributed by atoms with Gasteiger partial charge in [0.25, 0.3) is 0 Å². The molecule has 2 rings (SSSR count). The standard InChI is InChI=1S/C42H75N19O10/c43-15-3-1-8-25(45)34(64)57-27(10-5-17-52-41(47)48)36(66)58-28(13-14-32(46)62)37(67)60-30(20-24-21-51-23-55-24)39(69)61-19-7-12-31(61)38(68)54-22-33(63)56-26(9-2-4-16-44)35(65)59-29(40(70)71)11-6-18-53-42(49)50/h21,23,25-31H,1-20,22,43-45H2,(H2,46,62)(H,51,55)(H,54,68)(H,56,63)(H,57,64)(H,58,66)(H,59,65)(H,60,67)(H,70,71)(H4,47,48,52)(H4,49,50,53)/t25-,26-,27-,28-,29-,30-,31-/m0/s1. The van der Waals surface area contributed by atoms with Crippen molar-refractivity contribution in [1.29, 1.82) is 0 Å². The van der Waals surface area contributed by atoms with Crippen molar-refractivity contribution in [2.75, 3.05) is 39.3 Å². The van der Waals surface area contributed by atoms with Gasteiger partial charge in [0, 0.05) is 44.4 Å². The Balaban J connectivity index is 2.27. The molecule has 0 saturated carbocycles. The Morgan fingerprint density at radius 1 is 0.690 bits per heavy atom. The molecule has 1 aliphatic heterocycles. The minimum atomic E-state index is -1.47. The zero-order chi connectivity index (χ0) is 52.9. The maximum atomic E-state index is 14.4. The van der Waals surface area contributed by atoms with Crippen LogP contribution in [0.5, 0.6) is 0 Å². The van der Waals surface area contributed by atoms with E-state index in [-0.39, 0.29) is 95.8 Å². The zero-order valence-electron chi connectivity index (χ0n) is 40.1. The summed E-state index contributed by atoms with van der Waals surface area (Å²) in [4.78, 5) is 135. The van der Waals surface area contributed by atoms with E-state index in [4.69, 9.17) is 45.9 Å². The monoisotopic (exact) mass is 1010 g/mol. The van der Waals surface area contributed by atoms with Crippen molar-refractivity contribution >= 4 is 65.1 Å². The molecule has 1 aromatic heterocycles. The van der Waals surface area contributed by atoms with Crippen molar-refractivity contribution in [2.24, 2.45) is 55.9 Å². The molecule has 1 saturated heterocycles. The van der Waals surface area contributed by atoms with Crippen LogP contribution >= 0.6 is 0 Å². The first kappa shape index (κ1) is 60.0. The fourth-order valence-corrected chi connectivity index (χ4v) is 7.44. The lowest BCUT2D eigenvalue weighted by atomic mass is 10.0. The molecular weight excluding hydrogens is 931 g/mol. The zero-order valence-corrected chi connectivity index (χ0v) is 40.1. The van der Waals surface area contributed by atoms with Crippen molar-refractivity contribution < 1.29 is 48.3 Å². The van der Waals surface area contributed by atoms with Gasteiger partial charge in [-0.25, -0.2) is 9.78 Å². The average Bonchev–Trinajstić information content (AvgIpc) is 4.03. The second kappa shape index (κ2) is 32.6. The van der Waals surface area contributed by atoms with Crippen LogP contribution in [-0.4, -0.2) is 167 Å². The van der Waals surface area contributed by atoms with E-state index in [1.807, 2.05) is 0 Å². The van der Waals surface area contributed by atoms with Gasteiger partial charge in [-0.3, -0.25) is 48.3 Å². The third-order valence-electron chi connectivity index (χ3n) is 11.2. The molecule has 1 fully saturated rings. The van der Waals surface area contributed by atoms with Gasteiger partial charge in [-0.05, 0) is 90.1 Å². The Morgan fingerprint density at radius 2 is 1.21 bits per heavy atom. The number of hydrogen-bond acceptors (Lipinski definition) is 15. The average molecular weight is 1010 g/mol. The number of nitrogens with two attached hydrogens (primary N) is 8. The van der Waals surface area contributed by atoms with Crippen LogP contribution < -0.4 is 77.8 Å². The van der Waals surface area contributed by atoms with Crippen molar-refractivity contribution in [3.05, 3.63) is 18.2 Å². The molecule has 0 unspecified atom stereocenters. The summed E-state index contributed by atoms with van der Waals surface area (Å²) in [6.07, 6.45) is 5.43. The highest BCUT2D eigenvalue weighted by molar-refractivity contribution is 5.97. The maximum absolute atomic E-state index is 14.4. The summed E-state index contributed by atoms with van der Waals surface area (Å²) in [6.45, 7) is 0.389. The number of unbranched alkanes of at least 4 members (excludes halogenated alkanes) is 2. The normalized spacial score (nSPS) is 15.6. The van der Waals surface area contributed by atoms with Crippen molar-refractivity contribution in [3.8, 4) is 0 Å². The number of aromatic nitrogens is 2. The van der Waals surface area contributed by atoms with Gasteiger partial charge in [-0.2, -0.15) is 0 Å². The summed E-state index contributed by atoms with van der Waals surface area (Å²) in [5.74, 6) is -7.79. The van der Waals surface area contributed by atoms with Gasteiger partial charge in [-0.15, -0.1) is 0 Å². The summed E-state index contributed by atoms with van der Waals surface area (Å²) in [5.41, 5.74) is 44.6. The Morgan fingerprint density at radius 3 is 1.76 bits per heavy atom. The number of guanidine groups is 2. The van der Waals surface area contributed by atoms with Crippen LogP contribution in [0, 0.1) is 0 Å². The molecule has 29 heteroatoms. The van der Waals surface area contributed by atoms with Crippen LogP contribution in [0.1, 0.15) is 95.6 Å². The number of imidazole rings is 1. The predicted octanol–water partition coefficient (Wildman–Crippen LogP) is -6.47. The van der Waals surface area contributed by atoms with E-state index in [9.17, 15) is 48.3 Å². The fraction of sp³-hybridized carbons (Fsp3) is 0.667. The van der Waals surface area contributed by atoms with Gasteiger partial charge in [0.15, 0.2) is 11.9 Å². The first-order chi connectivity index (χ1) is 33.8. The van der Waals surface area contributed by atoms with Crippen molar-refractivity contribution in [2.45, 2.75) is 139 Å². The Kier molecular flexibility index (Phi) is 27.6. The number of amides is 8. The third kappa shape index (κ3) is 23.3.